The van der Waals surface area contributed by atoms with E-state index in [0.717, 1.165) is 25.7 Å². The van der Waals surface area contributed by atoms with Gasteiger partial charge >= 0.3 is 5.97 Å². The van der Waals surface area contributed by atoms with Gasteiger partial charge in [0.25, 0.3) is 0 Å². The topological polar surface area (TPSA) is 50.1 Å². The molecule has 1 aliphatic carbocycles. The molecular weight excluding hydrogens is 190 g/mol. The number of ether oxygens (including phenoxy) is 1. The Morgan fingerprint density at radius 2 is 2.07 bits per heavy atom. The molecule has 3 heteroatoms. The van der Waals surface area contributed by atoms with E-state index in [9.17, 15) is 4.79 Å². The van der Waals surface area contributed by atoms with Gasteiger partial charge in [0, 0.05) is 0 Å². The Balaban J connectivity index is 2.72. The lowest BCUT2D eigenvalue weighted by atomic mass is 9.68. The van der Waals surface area contributed by atoms with Gasteiger partial charge in [-0.05, 0) is 25.2 Å². The fraction of sp³-hybridized carbons (Fsp3) is 0.833. The molecule has 1 rings (SSSR count). The molecule has 0 radical (unpaired) electrons. The molecule has 1 saturated carbocycles. The van der Waals surface area contributed by atoms with Gasteiger partial charge in [-0.25, -0.2) is 0 Å². The molecule has 0 amide bonds. The first-order chi connectivity index (χ1) is 7.14. The standard InChI is InChI=1S/C12H19NO2/c1-3-15-11(14)10(9-13)12(2)7-5-4-6-8-12/h10H,3-8H2,1-2H3/t10-/m1/s1. The predicted octanol–water partition coefficient (Wildman–Crippen LogP) is 2.66. The fourth-order valence-electron chi connectivity index (χ4n) is 2.37. The van der Waals surface area contributed by atoms with Crippen LogP contribution in [0.2, 0.25) is 0 Å². The molecule has 0 aromatic heterocycles. The highest BCUT2D eigenvalue weighted by Crippen LogP contribution is 2.42. The van der Waals surface area contributed by atoms with Crippen LogP contribution in [0.3, 0.4) is 0 Å². The van der Waals surface area contributed by atoms with E-state index in [1.807, 2.05) is 6.92 Å². The third-order valence-electron chi connectivity index (χ3n) is 3.34. The Kier molecular flexibility index (Phi) is 4.14. The minimum absolute atomic E-state index is 0.167. The summed E-state index contributed by atoms with van der Waals surface area (Å²) in [5.41, 5.74) is -0.167. The first-order valence-electron chi connectivity index (χ1n) is 5.70. The lowest BCUT2D eigenvalue weighted by molar-refractivity contribution is -0.150. The fourth-order valence-corrected chi connectivity index (χ4v) is 2.37. The molecule has 1 fully saturated rings. The number of carbonyl (C=O) groups is 1. The second kappa shape index (κ2) is 5.16. The third-order valence-corrected chi connectivity index (χ3v) is 3.34. The molecule has 0 aliphatic heterocycles. The van der Waals surface area contributed by atoms with Crippen LogP contribution in [0.15, 0.2) is 0 Å². The maximum Gasteiger partial charge on any atom is 0.323 e. The van der Waals surface area contributed by atoms with Crippen molar-refractivity contribution in [1.29, 1.82) is 5.26 Å². The van der Waals surface area contributed by atoms with Crippen LogP contribution in [-0.4, -0.2) is 12.6 Å². The van der Waals surface area contributed by atoms with Gasteiger partial charge in [0.05, 0.1) is 12.7 Å². The summed E-state index contributed by atoms with van der Waals surface area (Å²) in [6.45, 7) is 4.17. The van der Waals surface area contributed by atoms with Crippen LogP contribution in [0.1, 0.15) is 46.0 Å². The largest absolute Gasteiger partial charge is 0.465 e. The molecule has 0 N–H and O–H groups in total. The number of nitriles is 1. The number of rotatable bonds is 3. The Hall–Kier alpha value is -1.04. The summed E-state index contributed by atoms with van der Waals surface area (Å²) in [5.74, 6) is -0.929. The Bertz CT molecular complexity index is 261. The van der Waals surface area contributed by atoms with Crippen molar-refractivity contribution in [3.63, 3.8) is 0 Å². The van der Waals surface area contributed by atoms with Gasteiger partial charge in [-0.3, -0.25) is 4.79 Å². The Labute approximate surface area is 91.4 Å². The average Bonchev–Trinajstić information content (AvgIpc) is 2.19. The highest BCUT2D eigenvalue weighted by atomic mass is 16.5. The van der Waals surface area contributed by atoms with Gasteiger partial charge in [0.2, 0.25) is 0 Å². The maximum atomic E-state index is 11.6. The van der Waals surface area contributed by atoms with E-state index in [2.05, 4.69) is 6.07 Å². The van der Waals surface area contributed by atoms with Crippen LogP contribution in [-0.2, 0) is 9.53 Å². The van der Waals surface area contributed by atoms with Crippen molar-refractivity contribution in [2.75, 3.05) is 6.61 Å². The summed E-state index contributed by atoms with van der Waals surface area (Å²) >= 11 is 0. The van der Waals surface area contributed by atoms with Crippen molar-refractivity contribution < 1.29 is 9.53 Å². The van der Waals surface area contributed by atoms with Crippen molar-refractivity contribution in [3.8, 4) is 6.07 Å². The molecule has 0 aromatic rings. The number of hydrogen-bond donors (Lipinski definition) is 0. The van der Waals surface area contributed by atoms with E-state index in [1.54, 1.807) is 6.92 Å². The van der Waals surface area contributed by atoms with Crippen LogP contribution in [0.4, 0.5) is 0 Å². The summed E-state index contributed by atoms with van der Waals surface area (Å²) in [6, 6.07) is 2.12. The summed E-state index contributed by atoms with van der Waals surface area (Å²) in [4.78, 5) is 11.6. The minimum Gasteiger partial charge on any atom is -0.465 e. The van der Waals surface area contributed by atoms with Gasteiger partial charge < -0.3 is 4.74 Å². The molecule has 0 heterocycles. The van der Waals surface area contributed by atoms with E-state index >= 15 is 0 Å². The lowest BCUT2D eigenvalue weighted by Gasteiger charge is -2.35. The molecular formula is C12H19NO2. The summed E-state index contributed by atoms with van der Waals surface area (Å²) in [5, 5.41) is 9.09. The van der Waals surface area contributed by atoms with Crippen LogP contribution in [0.25, 0.3) is 0 Å². The third kappa shape index (κ3) is 2.71. The molecule has 3 nitrogen and oxygen atoms in total. The molecule has 0 aromatic carbocycles. The minimum atomic E-state index is -0.585. The average molecular weight is 209 g/mol. The molecule has 0 bridgehead atoms. The van der Waals surface area contributed by atoms with Crippen molar-refractivity contribution in [3.05, 3.63) is 0 Å². The van der Waals surface area contributed by atoms with E-state index in [1.165, 1.54) is 6.42 Å². The summed E-state index contributed by atoms with van der Waals surface area (Å²) in [7, 11) is 0. The number of carbonyl (C=O) groups excluding carboxylic acids is 1. The molecule has 0 saturated heterocycles. The number of nitrogens with zero attached hydrogens (tertiary/aromatic N) is 1. The van der Waals surface area contributed by atoms with Gasteiger partial charge in [-0.2, -0.15) is 5.26 Å². The van der Waals surface area contributed by atoms with Crippen LogP contribution < -0.4 is 0 Å². The molecule has 1 aliphatic rings. The summed E-state index contributed by atoms with van der Waals surface area (Å²) < 4.78 is 4.95. The van der Waals surface area contributed by atoms with Crippen molar-refractivity contribution in [2.24, 2.45) is 11.3 Å². The quantitative estimate of drug-likeness (QED) is 0.671. The van der Waals surface area contributed by atoms with Gasteiger partial charge in [-0.1, -0.05) is 26.2 Å². The first-order valence-corrected chi connectivity index (χ1v) is 5.70. The van der Waals surface area contributed by atoms with Gasteiger partial charge in [0.1, 0.15) is 5.92 Å². The van der Waals surface area contributed by atoms with Crippen molar-refractivity contribution in [2.45, 2.75) is 46.0 Å². The zero-order chi connectivity index (χ0) is 11.3. The van der Waals surface area contributed by atoms with Gasteiger partial charge in [-0.15, -0.1) is 0 Å². The van der Waals surface area contributed by atoms with Crippen LogP contribution >= 0.6 is 0 Å². The van der Waals surface area contributed by atoms with E-state index in [-0.39, 0.29) is 11.4 Å². The van der Waals surface area contributed by atoms with Gasteiger partial charge in [0.15, 0.2) is 0 Å². The normalized spacial score (nSPS) is 21.4. The predicted molar refractivity (Wildman–Crippen MR) is 56.9 cm³/mol. The van der Waals surface area contributed by atoms with Crippen molar-refractivity contribution in [1.82, 2.24) is 0 Å². The number of hydrogen-bond acceptors (Lipinski definition) is 3. The molecule has 0 unspecified atom stereocenters. The SMILES string of the molecule is CCOC(=O)[C@@H](C#N)C1(C)CCCCC1. The summed E-state index contributed by atoms with van der Waals surface area (Å²) in [6.07, 6.45) is 5.38. The van der Waals surface area contributed by atoms with E-state index in [4.69, 9.17) is 10.00 Å². The van der Waals surface area contributed by atoms with Crippen molar-refractivity contribution >= 4 is 5.97 Å². The zero-order valence-electron chi connectivity index (χ0n) is 9.58. The molecule has 1 atom stereocenters. The van der Waals surface area contributed by atoms with Crippen LogP contribution in [0, 0.1) is 22.7 Å². The molecule has 84 valence electrons. The maximum absolute atomic E-state index is 11.6. The number of esters is 1. The molecule has 15 heavy (non-hydrogen) atoms. The molecule has 0 spiro atoms. The van der Waals surface area contributed by atoms with E-state index < -0.39 is 5.92 Å². The monoisotopic (exact) mass is 209 g/mol. The second-order valence-corrected chi connectivity index (χ2v) is 4.53. The highest BCUT2D eigenvalue weighted by Gasteiger charge is 2.40. The zero-order valence-corrected chi connectivity index (χ0v) is 9.58. The lowest BCUT2D eigenvalue weighted by Crippen LogP contribution is -2.35. The Morgan fingerprint density at radius 1 is 1.47 bits per heavy atom. The van der Waals surface area contributed by atoms with E-state index in [0.29, 0.717) is 6.61 Å². The Morgan fingerprint density at radius 3 is 2.53 bits per heavy atom. The van der Waals surface area contributed by atoms with Crippen LogP contribution in [0.5, 0.6) is 0 Å². The highest BCUT2D eigenvalue weighted by molar-refractivity contribution is 5.76. The smallest absolute Gasteiger partial charge is 0.323 e. The second-order valence-electron chi connectivity index (χ2n) is 4.53. The first kappa shape index (κ1) is 12.0.